The van der Waals surface area contributed by atoms with E-state index in [1.165, 1.54) is 22.3 Å². The molecule has 0 spiro atoms. The number of benzene rings is 1. The first kappa shape index (κ1) is 24.2. The van der Waals surface area contributed by atoms with Crippen LogP contribution in [0.1, 0.15) is 95.5 Å². The van der Waals surface area contributed by atoms with Gasteiger partial charge in [-0.05, 0) is 96.4 Å². The highest BCUT2D eigenvalue weighted by molar-refractivity contribution is 5.74. The Hall–Kier alpha value is -2.04. The Labute approximate surface area is 182 Å². The van der Waals surface area contributed by atoms with Crippen molar-refractivity contribution in [1.82, 2.24) is 9.80 Å². The fourth-order valence-corrected chi connectivity index (χ4v) is 4.51. The first-order chi connectivity index (χ1) is 13.8. The lowest BCUT2D eigenvalue weighted by atomic mass is 9.82. The second-order valence-electron chi connectivity index (χ2n) is 10.0. The van der Waals surface area contributed by atoms with Crippen LogP contribution in [-0.4, -0.2) is 46.5 Å². The molecule has 1 aromatic rings. The standard InChI is InChI=1S/C25H40N2O3/c1-16(2)27(20(6)28)19(5)22-14-17(3)18(4)15-23(22)21-10-12-26(13-11-21)24(29)30-25(7,8)9/h14-16,19,21H,10-13H2,1-9H3/t19-/m1/s1. The molecule has 30 heavy (non-hydrogen) atoms. The van der Waals surface area contributed by atoms with E-state index in [1.54, 1.807) is 6.92 Å². The molecular formula is C25H40N2O3. The van der Waals surface area contributed by atoms with Crippen LogP contribution >= 0.6 is 0 Å². The molecule has 1 aromatic carbocycles. The van der Waals surface area contributed by atoms with Crippen molar-refractivity contribution < 1.29 is 14.3 Å². The highest BCUT2D eigenvalue weighted by Gasteiger charge is 2.31. The minimum absolute atomic E-state index is 0.0145. The third kappa shape index (κ3) is 5.77. The molecule has 5 nitrogen and oxygen atoms in total. The Bertz CT molecular complexity index is 771. The van der Waals surface area contributed by atoms with Gasteiger partial charge in [0, 0.05) is 26.1 Å². The molecule has 168 valence electrons. The minimum atomic E-state index is -0.475. The topological polar surface area (TPSA) is 49.9 Å². The largest absolute Gasteiger partial charge is 0.444 e. The number of nitrogens with zero attached hydrogens (tertiary/aromatic N) is 2. The normalized spacial score (nSPS) is 16.5. The van der Waals surface area contributed by atoms with Crippen LogP contribution in [-0.2, 0) is 9.53 Å². The van der Waals surface area contributed by atoms with Gasteiger partial charge in [-0.3, -0.25) is 4.79 Å². The molecule has 0 bridgehead atoms. The lowest BCUT2D eigenvalue weighted by molar-refractivity contribution is -0.132. The van der Waals surface area contributed by atoms with Crippen LogP contribution in [0.3, 0.4) is 0 Å². The van der Waals surface area contributed by atoms with E-state index in [0.29, 0.717) is 19.0 Å². The molecule has 1 fully saturated rings. The minimum Gasteiger partial charge on any atom is -0.444 e. The van der Waals surface area contributed by atoms with E-state index in [0.717, 1.165) is 12.8 Å². The third-order valence-electron chi connectivity index (χ3n) is 6.07. The van der Waals surface area contributed by atoms with E-state index < -0.39 is 5.60 Å². The van der Waals surface area contributed by atoms with Crippen molar-refractivity contribution in [3.63, 3.8) is 0 Å². The number of carbonyl (C=O) groups is 2. The van der Waals surface area contributed by atoms with E-state index in [9.17, 15) is 9.59 Å². The summed E-state index contributed by atoms with van der Waals surface area (Å²) < 4.78 is 5.54. The van der Waals surface area contributed by atoms with E-state index in [-0.39, 0.29) is 24.1 Å². The molecule has 2 rings (SSSR count). The summed E-state index contributed by atoms with van der Waals surface area (Å²) in [5.74, 6) is 0.475. The van der Waals surface area contributed by atoms with E-state index in [1.807, 2.05) is 30.6 Å². The summed E-state index contributed by atoms with van der Waals surface area (Å²) in [6, 6.07) is 4.71. The number of ether oxygens (including phenoxy) is 1. The van der Waals surface area contributed by atoms with E-state index in [2.05, 4.69) is 46.8 Å². The average Bonchev–Trinajstić information content (AvgIpc) is 2.61. The number of hydrogen-bond donors (Lipinski definition) is 0. The van der Waals surface area contributed by atoms with Crippen molar-refractivity contribution in [2.45, 2.75) is 98.8 Å². The van der Waals surface area contributed by atoms with Crippen LogP contribution in [0.4, 0.5) is 4.79 Å². The van der Waals surface area contributed by atoms with Crippen molar-refractivity contribution >= 4 is 12.0 Å². The van der Waals surface area contributed by atoms with Crippen molar-refractivity contribution in [3.8, 4) is 0 Å². The van der Waals surface area contributed by atoms with Crippen LogP contribution in [0.25, 0.3) is 0 Å². The van der Waals surface area contributed by atoms with E-state index in [4.69, 9.17) is 4.74 Å². The summed E-state index contributed by atoms with van der Waals surface area (Å²) >= 11 is 0. The summed E-state index contributed by atoms with van der Waals surface area (Å²) in [5.41, 5.74) is 4.60. The van der Waals surface area contributed by atoms with Gasteiger partial charge in [-0.15, -0.1) is 0 Å². The van der Waals surface area contributed by atoms with Crippen molar-refractivity contribution in [1.29, 1.82) is 0 Å². The number of rotatable bonds is 4. The van der Waals surface area contributed by atoms with Gasteiger partial charge in [0.1, 0.15) is 5.60 Å². The molecule has 2 amide bonds. The van der Waals surface area contributed by atoms with Crippen molar-refractivity contribution in [3.05, 3.63) is 34.4 Å². The Morgan fingerprint density at radius 1 is 1.07 bits per heavy atom. The monoisotopic (exact) mass is 416 g/mol. The Morgan fingerprint density at radius 3 is 2.07 bits per heavy atom. The molecule has 1 aliphatic rings. The fourth-order valence-electron chi connectivity index (χ4n) is 4.51. The number of carbonyl (C=O) groups excluding carboxylic acids is 2. The van der Waals surface area contributed by atoms with Crippen molar-refractivity contribution in [2.24, 2.45) is 0 Å². The van der Waals surface area contributed by atoms with Crippen LogP contribution in [0.15, 0.2) is 12.1 Å². The lowest BCUT2D eigenvalue weighted by Gasteiger charge is -2.37. The summed E-state index contributed by atoms with van der Waals surface area (Å²) in [7, 11) is 0. The number of aryl methyl sites for hydroxylation is 2. The third-order valence-corrected chi connectivity index (χ3v) is 6.07. The molecule has 1 aliphatic heterocycles. The van der Waals surface area contributed by atoms with Crippen LogP contribution in [0.2, 0.25) is 0 Å². The summed E-state index contributed by atoms with van der Waals surface area (Å²) in [5, 5.41) is 0. The molecule has 5 heteroatoms. The van der Waals surface area contributed by atoms with Gasteiger partial charge in [0.15, 0.2) is 0 Å². The number of piperidine rings is 1. The van der Waals surface area contributed by atoms with Gasteiger partial charge in [-0.25, -0.2) is 4.79 Å². The zero-order chi connectivity index (χ0) is 22.8. The summed E-state index contributed by atoms with van der Waals surface area (Å²) in [4.78, 5) is 28.6. The van der Waals surface area contributed by atoms with Gasteiger partial charge in [0.2, 0.25) is 5.91 Å². The smallest absolute Gasteiger partial charge is 0.410 e. The maximum Gasteiger partial charge on any atom is 0.410 e. The van der Waals surface area contributed by atoms with Gasteiger partial charge in [0.25, 0.3) is 0 Å². The fraction of sp³-hybridized carbons (Fsp3) is 0.680. The first-order valence-corrected chi connectivity index (χ1v) is 11.2. The molecule has 0 unspecified atom stereocenters. The van der Waals surface area contributed by atoms with Gasteiger partial charge in [0.05, 0.1) is 6.04 Å². The molecular weight excluding hydrogens is 376 g/mol. The van der Waals surface area contributed by atoms with Crippen LogP contribution < -0.4 is 0 Å². The Balaban J connectivity index is 2.27. The predicted octanol–water partition coefficient (Wildman–Crippen LogP) is 5.74. The highest BCUT2D eigenvalue weighted by atomic mass is 16.6. The molecule has 0 aromatic heterocycles. The second kappa shape index (κ2) is 9.40. The lowest BCUT2D eigenvalue weighted by Crippen LogP contribution is -2.41. The molecule has 1 saturated heterocycles. The Kier molecular flexibility index (Phi) is 7.59. The van der Waals surface area contributed by atoms with Crippen LogP contribution in [0, 0.1) is 13.8 Å². The summed E-state index contributed by atoms with van der Waals surface area (Å²) in [6.45, 7) is 19.3. The quantitative estimate of drug-likeness (QED) is 0.629. The molecule has 1 heterocycles. The highest BCUT2D eigenvalue weighted by Crippen LogP contribution is 2.37. The van der Waals surface area contributed by atoms with Gasteiger partial charge >= 0.3 is 6.09 Å². The number of amides is 2. The van der Waals surface area contributed by atoms with Crippen molar-refractivity contribution in [2.75, 3.05) is 13.1 Å². The SMILES string of the molecule is CC(=O)N(C(C)C)[C@H](C)c1cc(C)c(C)cc1C1CCN(C(=O)OC(C)(C)C)CC1. The molecule has 0 aliphatic carbocycles. The molecule has 0 N–H and O–H groups in total. The molecule has 0 saturated carbocycles. The molecule has 1 atom stereocenters. The maximum atomic E-state index is 12.4. The zero-order valence-electron chi connectivity index (χ0n) is 20.3. The number of likely N-dealkylation sites (tertiary alicyclic amines) is 1. The van der Waals surface area contributed by atoms with Gasteiger partial charge < -0.3 is 14.5 Å². The maximum absolute atomic E-state index is 12.4. The van der Waals surface area contributed by atoms with E-state index >= 15 is 0 Å². The number of hydrogen-bond acceptors (Lipinski definition) is 3. The molecule has 0 radical (unpaired) electrons. The van der Waals surface area contributed by atoms with Gasteiger partial charge in [-0.1, -0.05) is 12.1 Å². The predicted molar refractivity (Wildman–Crippen MR) is 122 cm³/mol. The first-order valence-electron chi connectivity index (χ1n) is 11.2. The summed E-state index contributed by atoms with van der Waals surface area (Å²) in [6.07, 6.45) is 1.59. The van der Waals surface area contributed by atoms with Crippen LogP contribution in [0.5, 0.6) is 0 Å². The average molecular weight is 417 g/mol. The Morgan fingerprint density at radius 2 is 1.60 bits per heavy atom. The van der Waals surface area contributed by atoms with Gasteiger partial charge in [-0.2, -0.15) is 0 Å². The zero-order valence-corrected chi connectivity index (χ0v) is 20.3. The second-order valence-corrected chi connectivity index (χ2v) is 10.0.